The molecule has 0 aliphatic carbocycles. The SMILES string of the molecule is CCC(C)(N)c1noc(-c2cc(Br)ccc2Br)n1. The molecule has 0 fully saturated rings. The van der Waals surface area contributed by atoms with Crippen LogP contribution < -0.4 is 5.73 Å². The third kappa shape index (κ3) is 2.65. The van der Waals surface area contributed by atoms with Gasteiger partial charge in [0.25, 0.3) is 5.89 Å². The maximum atomic E-state index is 6.09. The molecule has 1 aromatic heterocycles. The van der Waals surface area contributed by atoms with Gasteiger partial charge in [-0.15, -0.1) is 0 Å². The van der Waals surface area contributed by atoms with Gasteiger partial charge in [-0.25, -0.2) is 0 Å². The lowest BCUT2D eigenvalue weighted by molar-refractivity contribution is 0.379. The second kappa shape index (κ2) is 5.11. The smallest absolute Gasteiger partial charge is 0.259 e. The van der Waals surface area contributed by atoms with Gasteiger partial charge in [-0.1, -0.05) is 28.0 Å². The van der Waals surface area contributed by atoms with Crippen LogP contribution in [0.1, 0.15) is 26.1 Å². The Balaban J connectivity index is 2.44. The molecule has 1 atom stereocenters. The van der Waals surface area contributed by atoms with E-state index in [9.17, 15) is 0 Å². The summed E-state index contributed by atoms with van der Waals surface area (Å²) in [6.07, 6.45) is 0.742. The van der Waals surface area contributed by atoms with Crippen molar-refractivity contribution in [1.82, 2.24) is 10.1 Å². The zero-order valence-electron chi connectivity index (χ0n) is 10.1. The maximum Gasteiger partial charge on any atom is 0.259 e. The molecular formula is C12H13Br2N3O. The Labute approximate surface area is 122 Å². The molecule has 18 heavy (non-hydrogen) atoms. The van der Waals surface area contributed by atoms with E-state index < -0.39 is 5.54 Å². The quantitative estimate of drug-likeness (QED) is 0.886. The molecule has 0 spiro atoms. The van der Waals surface area contributed by atoms with Crippen molar-refractivity contribution in [3.63, 3.8) is 0 Å². The van der Waals surface area contributed by atoms with E-state index in [1.165, 1.54) is 0 Å². The van der Waals surface area contributed by atoms with Crippen LogP contribution in [0.25, 0.3) is 11.5 Å². The summed E-state index contributed by atoms with van der Waals surface area (Å²) in [5.41, 5.74) is 6.36. The Kier molecular flexibility index (Phi) is 3.89. The van der Waals surface area contributed by atoms with Crippen LogP contribution in [0.4, 0.5) is 0 Å². The standard InChI is InChI=1S/C12H13Br2N3O/c1-3-12(2,15)11-16-10(18-17-11)8-6-7(13)4-5-9(8)14/h4-6H,3,15H2,1-2H3. The number of nitrogens with two attached hydrogens (primary N) is 1. The number of nitrogens with zero attached hydrogens (tertiary/aromatic N) is 2. The predicted octanol–water partition coefficient (Wildman–Crippen LogP) is 3.85. The van der Waals surface area contributed by atoms with Crippen LogP contribution in [-0.4, -0.2) is 10.1 Å². The number of hydrogen-bond donors (Lipinski definition) is 1. The zero-order valence-corrected chi connectivity index (χ0v) is 13.2. The molecule has 0 radical (unpaired) electrons. The summed E-state index contributed by atoms with van der Waals surface area (Å²) in [4.78, 5) is 4.37. The molecule has 96 valence electrons. The number of hydrogen-bond acceptors (Lipinski definition) is 4. The fourth-order valence-corrected chi connectivity index (χ4v) is 2.16. The van der Waals surface area contributed by atoms with Crippen LogP contribution in [0, 0.1) is 0 Å². The lowest BCUT2D eigenvalue weighted by Crippen LogP contribution is -2.33. The lowest BCUT2D eigenvalue weighted by Gasteiger charge is -2.16. The van der Waals surface area contributed by atoms with Gasteiger partial charge in [0.05, 0.1) is 11.1 Å². The van der Waals surface area contributed by atoms with E-state index in [0.29, 0.717) is 11.7 Å². The highest BCUT2D eigenvalue weighted by Crippen LogP contribution is 2.31. The first kappa shape index (κ1) is 13.7. The molecular weight excluding hydrogens is 362 g/mol. The van der Waals surface area contributed by atoms with Crippen molar-refractivity contribution >= 4 is 31.9 Å². The van der Waals surface area contributed by atoms with E-state index in [2.05, 4.69) is 42.0 Å². The average Bonchev–Trinajstić information content (AvgIpc) is 2.82. The topological polar surface area (TPSA) is 64.9 Å². The largest absolute Gasteiger partial charge is 0.334 e. The van der Waals surface area contributed by atoms with Crippen LogP contribution >= 0.6 is 31.9 Å². The van der Waals surface area contributed by atoms with Crippen molar-refractivity contribution in [3.8, 4) is 11.5 Å². The molecule has 6 heteroatoms. The Morgan fingerprint density at radius 1 is 1.39 bits per heavy atom. The Morgan fingerprint density at radius 3 is 2.78 bits per heavy atom. The van der Waals surface area contributed by atoms with E-state index in [0.717, 1.165) is 20.9 Å². The summed E-state index contributed by atoms with van der Waals surface area (Å²) in [6.45, 7) is 3.88. The third-order valence-corrected chi connectivity index (χ3v) is 4.01. The van der Waals surface area contributed by atoms with Gasteiger partial charge in [-0.3, -0.25) is 0 Å². The second-order valence-electron chi connectivity index (χ2n) is 4.32. The molecule has 0 aliphatic rings. The van der Waals surface area contributed by atoms with E-state index in [4.69, 9.17) is 10.3 Å². The summed E-state index contributed by atoms with van der Waals surface area (Å²) in [5, 5.41) is 3.96. The van der Waals surface area contributed by atoms with Crippen molar-refractivity contribution in [1.29, 1.82) is 0 Å². The Bertz CT molecular complexity index is 566. The summed E-state index contributed by atoms with van der Waals surface area (Å²) < 4.78 is 7.13. The normalized spacial score (nSPS) is 14.5. The number of aromatic nitrogens is 2. The number of halogens is 2. The van der Waals surface area contributed by atoms with Crippen LogP contribution in [0.3, 0.4) is 0 Å². The Morgan fingerprint density at radius 2 is 2.11 bits per heavy atom. The monoisotopic (exact) mass is 373 g/mol. The third-order valence-electron chi connectivity index (χ3n) is 2.83. The molecule has 4 nitrogen and oxygen atoms in total. The number of rotatable bonds is 3. The molecule has 0 aliphatic heterocycles. The minimum absolute atomic E-state index is 0.461. The predicted molar refractivity (Wildman–Crippen MR) is 77.0 cm³/mol. The lowest BCUT2D eigenvalue weighted by atomic mass is 10.0. The highest BCUT2D eigenvalue weighted by molar-refractivity contribution is 9.11. The zero-order chi connectivity index (χ0) is 13.3. The van der Waals surface area contributed by atoms with Crippen LogP contribution in [0.15, 0.2) is 31.7 Å². The van der Waals surface area contributed by atoms with Gasteiger partial charge in [-0.05, 0) is 47.5 Å². The summed E-state index contributed by atoms with van der Waals surface area (Å²) in [6, 6.07) is 5.77. The molecule has 0 amide bonds. The van der Waals surface area contributed by atoms with Crippen molar-refractivity contribution in [2.45, 2.75) is 25.8 Å². The average molecular weight is 375 g/mol. The second-order valence-corrected chi connectivity index (χ2v) is 6.09. The molecule has 0 bridgehead atoms. The van der Waals surface area contributed by atoms with Gasteiger partial charge < -0.3 is 10.3 Å². The first-order valence-corrected chi connectivity index (χ1v) is 7.11. The minimum Gasteiger partial charge on any atom is -0.334 e. The van der Waals surface area contributed by atoms with Gasteiger partial charge in [0, 0.05) is 8.95 Å². The van der Waals surface area contributed by atoms with E-state index in [-0.39, 0.29) is 0 Å². The molecule has 0 saturated heterocycles. The molecule has 1 aromatic carbocycles. The maximum absolute atomic E-state index is 6.09. The molecule has 2 N–H and O–H groups in total. The highest BCUT2D eigenvalue weighted by Gasteiger charge is 2.26. The molecule has 2 aromatic rings. The summed E-state index contributed by atoms with van der Waals surface area (Å²) in [7, 11) is 0. The molecule has 1 unspecified atom stereocenters. The summed E-state index contributed by atoms with van der Waals surface area (Å²) >= 11 is 6.88. The van der Waals surface area contributed by atoms with Crippen LogP contribution in [0.2, 0.25) is 0 Å². The van der Waals surface area contributed by atoms with E-state index in [1.54, 1.807) is 0 Å². The molecule has 1 heterocycles. The van der Waals surface area contributed by atoms with E-state index in [1.807, 2.05) is 32.0 Å². The molecule has 2 rings (SSSR count). The van der Waals surface area contributed by atoms with Crippen LogP contribution in [0.5, 0.6) is 0 Å². The fraction of sp³-hybridized carbons (Fsp3) is 0.333. The minimum atomic E-state index is -0.569. The highest BCUT2D eigenvalue weighted by atomic mass is 79.9. The molecule has 0 saturated carbocycles. The first-order chi connectivity index (χ1) is 8.44. The van der Waals surface area contributed by atoms with Crippen molar-refractivity contribution < 1.29 is 4.52 Å². The van der Waals surface area contributed by atoms with Gasteiger partial charge >= 0.3 is 0 Å². The number of benzene rings is 1. The van der Waals surface area contributed by atoms with Crippen LogP contribution in [-0.2, 0) is 5.54 Å². The van der Waals surface area contributed by atoms with Gasteiger partial charge in [-0.2, -0.15) is 4.98 Å². The van der Waals surface area contributed by atoms with Crippen molar-refractivity contribution in [3.05, 3.63) is 33.0 Å². The Hall–Kier alpha value is -0.720. The van der Waals surface area contributed by atoms with Gasteiger partial charge in [0.2, 0.25) is 0 Å². The van der Waals surface area contributed by atoms with Gasteiger partial charge in [0.1, 0.15) is 0 Å². The van der Waals surface area contributed by atoms with Crippen molar-refractivity contribution in [2.24, 2.45) is 5.73 Å². The van der Waals surface area contributed by atoms with Crippen molar-refractivity contribution in [2.75, 3.05) is 0 Å². The van der Waals surface area contributed by atoms with E-state index >= 15 is 0 Å². The summed E-state index contributed by atoms with van der Waals surface area (Å²) in [5.74, 6) is 0.982. The first-order valence-electron chi connectivity index (χ1n) is 5.52. The fourth-order valence-electron chi connectivity index (χ4n) is 1.38. The van der Waals surface area contributed by atoms with Gasteiger partial charge in [0.15, 0.2) is 5.82 Å².